The van der Waals surface area contributed by atoms with Gasteiger partial charge in [0.1, 0.15) is 0 Å². The summed E-state index contributed by atoms with van der Waals surface area (Å²) in [5.41, 5.74) is 3.08. The van der Waals surface area contributed by atoms with Gasteiger partial charge in [0, 0.05) is 11.1 Å². The van der Waals surface area contributed by atoms with Crippen LogP contribution in [-0.4, -0.2) is 54.6 Å². The monoisotopic (exact) mass is 608 g/mol. The van der Waals surface area contributed by atoms with Crippen LogP contribution in [0.15, 0.2) is 22.3 Å². The summed E-state index contributed by atoms with van der Waals surface area (Å²) in [6, 6.07) is 0. The Balaban J connectivity index is 0.000000516. The number of rotatable bonds is 10. The van der Waals surface area contributed by atoms with Crippen molar-refractivity contribution in [2.24, 2.45) is 0 Å². The second-order valence-corrected chi connectivity index (χ2v) is 11.3. The second kappa shape index (κ2) is 18.3. The first-order valence-electron chi connectivity index (χ1n) is 10.5. The van der Waals surface area contributed by atoms with E-state index < -0.39 is 0 Å². The molecule has 0 aromatic rings. The van der Waals surface area contributed by atoms with Crippen LogP contribution in [0, 0.1) is 0 Å². The molecule has 9 heteroatoms. The third-order valence-electron chi connectivity index (χ3n) is 4.43. The van der Waals surface area contributed by atoms with Gasteiger partial charge in [0.25, 0.3) is 0 Å². The summed E-state index contributed by atoms with van der Waals surface area (Å²) < 4.78 is 10.7. The van der Waals surface area contributed by atoms with Crippen LogP contribution in [0.5, 0.6) is 0 Å². The molecule has 0 atom stereocenters. The van der Waals surface area contributed by atoms with E-state index in [4.69, 9.17) is 33.9 Å². The minimum absolute atomic E-state index is 0.230. The molecule has 0 spiro atoms. The van der Waals surface area contributed by atoms with Gasteiger partial charge in [-0.3, -0.25) is 0 Å². The Bertz CT molecular complexity index is 644. The van der Waals surface area contributed by atoms with Crippen molar-refractivity contribution in [2.75, 3.05) is 13.2 Å². The molecular weight excluding hydrogens is 575 g/mol. The minimum atomic E-state index is -0.285. The van der Waals surface area contributed by atoms with E-state index in [2.05, 4.69) is 48.2 Å². The molecule has 0 amide bonds. The normalized spacial score (nSPS) is 13.8. The molecule has 0 unspecified atom stereocenters. The average molecular weight is 607 g/mol. The fourth-order valence-corrected chi connectivity index (χ4v) is 3.51. The van der Waals surface area contributed by atoms with Crippen molar-refractivity contribution in [1.29, 1.82) is 0 Å². The van der Waals surface area contributed by atoms with Crippen molar-refractivity contribution in [1.82, 2.24) is 0 Å². The van der Waals surface area contributed by atoms with Crippen LogP contribution in [0.4, 0.5) is 0 Å². The predicted octanol–water partition coefficient (Wildman–Crippen LogP) is 4.60. The van der Waals surface area contributed by atoms with Crippen molar-refractivity contribution < 1.29 is 19.7 Å². The maximum atomic E-state index is 10.9. The van der Waals surface area contributed by atoms with Gasteiger partial charge in [-0.2, -0.15) is 0 Å². The van der Waals surface area contributed by atoms with Gasteiger partial charge in [0.05, 0.1) is 13.2 Å². The van der Waals surface area contributed by atoms with Gasteiger partial charge in [-0.05, 0) is 84.2 Å². The van der Waals surface area contributed by atoms with E-state index in [0.29, 0.717) is 34.5 Å². The van der Waals surface area contributed by atoms with Crippen LogP contribution in [0.1, 0.15) is 65.2 Å². The van der Waals surface area contributed by atoms with Gasteiger partial charge in [-0.25, -0.2) is 0 Å². The molecule has 0 bridgehead atoms. The molecule has 0 N–H and O–H groups in total. The van der Waals surface area contributed by atoms with Gasteiger partial charge < -0.3 is 19.7 Å². The van der Waals surface area contributed by atoms with Crippen molar-refractivity contribution in [3.63, 3.8) is 0 Å². The van der Waals surface area contributed by atoms with Gasteiger partial charge in [-0.1, -0.05) is 51.1 Å². The van der Waals surface area contributed by atoms with E-state index in [9.17, 15) is 10.2 Å². The Hall–Kier alpha value is -0.161. The van der Waals surface area contributed by atoms with Crippen LogP contribution in [-0.2, 0) is 9.47 Å². The number of unbranched alkanes of at least 4 members (excludes halogenated alkanes) is 2. The average Bonchev–Trinajstić information content (AvgIpc) is 2.60. The zero-order valence-corrected chi connectivity index (χ0v) is 25.0. The molecule has 2 aliphatic carbocycles. The molecule has 0 saturated carbocycles. The molecule has 31 heavy (non-hydrogen) atoms. The fraction of sp³-hybridized carbons (Fsp3) is 0.636. The van der Waals surface area contributed by atoms with Crippen LogP contribution in [0.3, 0.4) is 0 Å². The van der Waals surface area contributed by atoms with Crippen molar-refractivity contribution in [2.45, 2.75) is 75.1 Å². The number of hydrogen-bond donors (Lipinski definition) is 0. The van der Waals surface area contributed by atoms with E-state index in [1.165, 1.54) is 0 Å². The van der Waals surface area contributed by atoms with Gasteiger partial charge >= 0.3 is 31.0 Å². The molecule has 0 radical (unpaired) electrons. The zero-order chi connectivity index (χ0) is 23.8. The van der Waals surface area contributed by atoms with E-state index in [1.54, 1.807) is 0 Å². The Labute approximate surface area is 219 Å². The Morgan fingerprint density at radius 3 is 1.19 bits per heavy atom. The van der Waals surface area contributed by atoms with Crippen molar-refractivity contribution >= 4 is 90.2 Å². The van der Waals surface area contributed by atoms with Crippen LogP contribution in [0.25, 0.3) is 0 Å². The summed E-state index contributed by atoms with van der Waals surface area (Å²) in [7, 11) is 0. The van der Waals surface area contributed by atoms with Crippen LogP contribution < -0.4 is 10.2 Å². The van der Waals surface area contributed by atoms with Crippen LogP contribution >= 0.6 is 48.9 Å². The SMILES string of the molecule is CCCCOC(=S)C1=C(C([O-])=S)CC1.CCCCOC(=S)C1=C(C([O-])=S)CC1.[CH3][Sn+2][CH3]. The second-order valence-electron chi connectivity index (χ2n) is 6.97. The molecule has 0 heterocycles. The maximum absolute atomic E-state index is 10.9. The molecule has 0 aliphatic heterocycles. The molecule has 0 aromatic heterocycles. The molecule has 4 nitrogen and oxygen atoms in total. The summed E-state index contributed by atoms with van der Waals surface area (Å²) in [5.74, 6) is 0. The summed E-state index contributed by atoms with van der Waals surface area (Å²) in [4.78, 5) is 4.59. The zero-order valence-electron chi connectivity index (χ0n) is 18.8. The Morgan fingerprint density at radius 1 is 0.710 bits per heavy atom. The molecule has 2 aliphatic rings. The van der Waals surface area contributed by atoms with Gasteiger partial charge in [0.15, 0.2) is 10.1 Å². The summed E-state index contributed by atoms with van der Waals surface area (Å²) >= 11 is 19.5. The van der Waals surface area contributed by atoms with Crippen molar-refractivity contribution in [3.05, 3.63) is 22.3 Å². The molecule has 172 valence electrons. The summed E-state index contributed by atoms with van der Waals surface area (Å²) in [6.07, 6.45) is 7.33. The third kappa shape index (κ3) is 12.0. The Kier molecular flexibility index (Phi) is 18.2. The van der Waals surface area contributed by atoms with E-state index >= 15 is 0 Å². The van der Waals surface area contributed by atoms with E-state index in [0.717, 1.165) is 62.5 Å². The molecule has 0 fully saturated rings. The topological polar surface area (TPSA) is 64.6 Å². The van der Waals surface area contributed by atoms with Gasteiger partial charge in [-0.15, -0.1) is 0 Å². The first-order chi connectivity index (χ1) is 14.7. The number of thiocarbonyl (C=S) groups is 4. The Morgan fingerprint density at radius 2 is 1.00 bits per heavy atom. The predicted molar refractivity (Wildman–Crippen MR) is 142 cm³/mol. The third-order valence-corrected chi connectivity index (χ3v) is 5.65. The standard InChI is InChI=1S/2C10H14O2S2.2CH3.Sn/c2*1-2-3-6-12-10(14)8-5-4-7(8)9(11)13;;;/h2*2-6H2,1H3,(H,11,13);2*1H3;/q;;;;+2/p-2. The molecular formula is C22H32O4S4Sn. The molecule has 0 aromatic carbocycles. The quantitative estimate of drug-likeness (QED) is 0.203. The number of hydrogen-bond acceptors (Lipinski definition) is 8. The van der Waals surface area contributed by atoms with E-state index in [-0.39, 0.29) is 31.2 Å². The van der Waals surface area contributed by atoms with Gasteiger partial charge in [0.2, 0.25) is 0 Å². The summed E-state index contributed by atoms with van der Waals surface area (Å²) in [5, 5.41) is 22.2. The number of ether oxygens (including phenoxy) is 2. The van der Waals surface area contributed by atoms with Crippen molar-refractivity contribution in [3.8, 4) is 0 Å². The fourth-order valence-electron chi connectivity index (χ4n) is 2.44. The van der Waals surface area contributed by atoms with Crippen LogP contribution in [0.2, 0.25) is 9.88 Å². The first-order valence-corrected chi connectivity index (χ1v) is 17.9. The molecule has 0 saturated heterocycles. The summed E-state index contributed by atoms with van der Waals surface area (Å²) in [6.45, 7) is 5.45. The molecule has 2 rings (SSSR count). The first kappa shape index (κ1) is 30.8. The van der Waals surface area contributed by atoms with E-state index in [1.807, 2.05) is 0 Å².